The van der Waals surface area contributed by atoms with Crippen molar-refractivity contribution in [2.45, 2.75) is 77.0 Å². The summed E-state index contributed by atoms with van der Waals surface area (Å²) in [6, 6.07) is 12.6. The average Bonchev–Trinajstić information content (AvgIpc) is 2.99. The number of piperazine rings is 1. The maximum atomic E-state index is 13.5. The van der Waals surface area contributed by atoms with Crippen LogP contribution in [0.5, 0.6) is 0 Å². The number of anilines is 1. The summed E-state index contributed by atoms with van der Waals surface area (Å²) in [5.41, 5.74) is 3.29. The Labute approximate surface area is 240 Å². The minimum absolute atomic E-state index is 0.0647. The summed E-state index contributed by atoms with van der Waals surface area (Å²) < 4.78 is 28.6. The first-order valence-corrected chi connectivity index (χ1v) is 14.6. The fourth-order valence-corrected chi connectivity index (χ4v) is 6.27. The van der Waals surface area contributed by atoms with Crippen molar-refractivity contribution < 1.29 is 8.78 Å². The van der Waals surface area contributed by atoms with Crippen molar-refractivity contribution in [2.75, 3.05) is 31.1 Å². The van der Waals surface area contributed by atoms with E-state index in [1.54, 1.807) is 19.2 Å². The molecule has 8 nitrogen and oxygen atoms in total. The molecule has 2 aromatic heterocycles. The second-order valence-corrected chi connectivity index (χ2v) is 11.4. The Bertz CT molecular complexity index is 1470. The van der Waals surface area contributed by atoms with Crippen LogP contribution in [0.15, 0.2) is 41.2 Å². The Kier molecular flexibility index (Phi) is 8.39. The molecule has 0 N–H and O–H groups in total. The van der Waals surface area contributed by atoms with Gasteiger partial charge in [0.05, 0.1) is 5.52 Å². The van der Waals surface area contributed by atoms with Gasteiger partial charge in [-0.2, -0.15) is 4.98 Å². The van der Waals surface area contributed by atoms with Crippen molar-refractivity contribution in [2.24, 2.45) is 7.05 Å². The van der Waals surface area contributed by atoms with Gasteiger partial charge in [0.1, 0.15) is 0 Å². The number of aromatic nitrogens is 3. The molecule has 1 aromatic carbocycles. The summed E-state index contributed by atoms with van der Waals surface area (Å²) in [7, 11) is 1.68. The lowest BCUT2D eigenvalue weighted by Crippen LogP contribution is -2.59. The maximum absolute atomic E-state index is 13.5. The van der Waals surface area contributed by atoms with Crippen molar-refractivity contribution in [1.82, 2.24) is 24.3 Å². The highest BCUT2D eigenvalue weighted by molar-refractivity contribution is 5.87. The van der Waals surface area contributed by atoms with Crippen molar-refractivity contribution in [3.63, 3.8) is 0 Å². The molecule has 4 heterocycles. The number of likely N-dealkylation sites (tertiary alicyclic amines) is 1. The summed E-state index contributed by atoms with van der Waals surface area (Å²) in [5.74, 6) is -1.68. The Morgan fingerprint density at radius 3 is 2.34 bits per heavy atom. The SMILES string of the molecule is [C-]#[N+]c1ccc2c(n1)c(N1C[C@@H](CC)N(C(C)c3ccc(CN4CCC(F)(F)CC4)cc3)C[C@@H]1CC)nc(=O)n2C. The van der Waals surface area contributed by atoms with Crippen LogP contribution in [0.2, 0.25) is 0 Å². The molecule has 2 aliphatic rings. The minimum Gasteiger partial charge on any atom is -0.361 e. The van der Waals surface area contributed by atoms with Crippen LogP contribution >= 0.6 is 0 Å². The number of halogens is 2. The quantitative estimate of drug-likeness (QED) is 0.352. The van der Waals surface area contributed by atoms with E-state index < -0.39 is 5.92 Å². The van der Waals surface area contributed by atoms with Crippen LogP contribution in [0.25, 0.3) is 15.9 Å². The number of rotatable bonds is 7. The standard InChI is InChI=1S/C31H39F2N7O/c1-6-24-20-40(29-28-26(37(5)30(41)36-29)12-13-27(34-4)35-28)25(7-2)19-39(24)21(3)23-10-8-22(9-11-23)18-38-16-14-31(32,33)15-17-38/h8-13,21,24-25H,6-7,14-20H2,1-3,5H3/t21?,24-,25+/m1/s1. The van der Waals surface area contributed by atoms with Gasteiger partial charge in [0.25, 0.3) is 11.7 Å². The topological polar surface area (TPSA) is 61.9 Å². The fraction of sp³-hybridized carbons (Fsp3) is 0.548. The van der Waals surface area contributed by atoms with Gasteiger partial charge in [0.2, 0.25) is 5.52 Å². The highest BCUT2D eigenvalue weighted by atomic mass is 19.3. The second kappa shape index (κ2) is 11.8. The zero-order valence-corrected chi connectivity index (χ0v) is 24.4. The first kappa shape index (κ1) is 29.1. The van der Waals surface area contributed by atoms with Gasteiger partial charge < -0.3 is 9.74 Å². The van der Waals surface area contributed by atoms with Gasteiger partial charge in [-0.1, -0.05) is 44.7 Å². The Balaban J connectivity index is 1.36. The lowest BCUT2D eigenvalue weighted by atomic mass is 9.96. The highest BCUT2D eigenvalue weighted by Crippen LogP contribution is 2.34. The molecule has 0 radical (unpaired) electrons. The summed E-state index contributed by atoms with van der Waals surface area (Å²) >= 11 is 0. The van der Waals surface area contributed by atoms with Gasteiger partial charge in [-0.15, -0.1) is 4.98 Å². The summed E-state index contributed by atoms with van der Waals surface area (Å²) in [4.78, 5) is 32.3. The molecule has 1 unspecified atom stereocenters. The van der Waals surface area contributed by atoms with E-state index in [-0.39, 0.29) is 42.5 Å². The van der Waals surface area contributed by atoms with E-state index in [9.17, 15) is 13.6 Å². The first-order valence-electron chi connectivity index (χ1n) is 14.6. The molecule has 41 heavy (non-hydrogen) atoms. The van der Waals surface area contributed by atoms with Crippen LogP contribution in [-0.4, -0.2) is 68.5 Å². The van der Waals surface area contributed by atoms with Gasteiger partial charge >= 0.3 is 5.69 Å². The molecule has 0 spiro atoms. The van der Waals surface area contributed by atoms with Gasteiger partial charge in [-0.05, 0) is 43.0 Å². The van der Waals surface area contributed by atoms with Crippen LogP contribution in [-0.2, 0) is 13.6 Å². The number of hydrogen-bond acceptors (Lipinski definition) is 6. The van der Waals surface area contributed by atoms with Crippen molar-refractivity contribution in [3.05, 3.63) is 69.4 Å². The third kappa shape index (κ3) is 5.97. The zero-order valence-electron chi connectivity index (χ0n) is 24.4. The molecule has 3 atom stereocenters. The molecule has 0 saturated carbocycles. The molecule has 3 aromatic rings. The monoisotopic (exact) mass is 563 g/mol. The van der Waals surface area contributed by atoms with E-state index in [0.29, 0.717) is 43.0 Å². The maximum Gasteiger partial charge on any atom is 0.350 e. The van der Waals surface area contributed by atoms with E-state index in [4.69, 9.17) is 6.57 Å². The highest BCUT2D eigenvalue weighted by Gasteiger charge is 2.37. The predicted octanol–water partition coefficient (Wildman–Crippen LogP) is 5.55. The number of hydrogen-bond donors (Lipinski definition) is 0. The molecule has 0 bridgehead atoms. The smallest absolute Gasteiger partial charge is 0.350 e. The summed E-state index contributed by atoms with van der Waals surface area (Å²) in [6.07, 6.45) is 1.67. The third-order valence-electron chi connectivity index (χ3n) is 8.94. The number of pyridine rings is 1. The lowest BCUT2D eigenvalue weighted by Gasteiger charge is -2.49. The second-order valence-electron chi connectivity index (χ2n) is 11.4. The van der Waals surface area contributed by atoms with Crippen molar-refractivity contribution >= 4 is 22.7 Å². The molecular weight excluding hydrogens is 524 g/mol. The van der Waals surface area contributed by atoms with Crippen LogP contribution in [0.1, 0.15) is 63.6 Å². The lowest BCUT2D eigenvalue weighted by molar-refractivity contribution is -0.0566. The molecule has 10 heteroatoms. The van der Waals surface area contributed by atoms with Gasteiger partial charge in [0, 0.05) is 70.7 Å². The average molecular weight is 564 g/mol. The Morgan fingerprint density at radius 1 is 1.02 bits per heavy atom. The van der Waals surface area contributed by atoms with E-state index in [2.05, 4.69) is 74.5 Å². The number of alkyl halides is 2. The van der Waals surface area contributed by atoms with E-state index in [1.165, 1.54) is 10.1 Å². The normalized spacial score (nSPS) is 22.5. The predicted molar refractivity (Wildman–Crippen MR) is 158 cm³/mol. The number of fused-ring (bicyclic) bond motifs is 1. The van der Waals surface area contributed by atoms with Gasteiger partial charge in [-0.3, -0.25) is 14.4 Å². The number of aryl methyl sites for hydroxylation is 1. The first-order chi connectivity index (χ1) is 19.6. The fourth-order valence-electron chi connectivity index (χ4n) is 6.27. The molecule has 0 aliphatic carbocycles. The molecule has 0 amide bonds. The summed E-state index contributed by atoms with van der Waals surface area (Å²) in [6.45, 7) is 17.1. The van der Waals surface area contributed by atoms with Gasteiger partial charge in [0.15, 0.2) is 5.82 Å². The van der Waals surface area contributed by atoms with Crippen molar-refractivity contribution in [1.29, 1.82) is 0 Å². The zero-order chi connectivity index (χ0) is 29.3. The van der Waals surface area contributed by atoms with Crippen molar-refractivity contribution in [3.8, 4) is 0 Å². The van der Waals surface area contributed by atoms with Gasteiger partial charge in [-0.25, -0.2) is 13.6 Å². The molecule has 218 valence electrons. The summed E-state index contributed by atoms with van der Waals surface area (Å²) in [5, 5.41) is 0. The molecule has 2 aliphatic heterocycles. The molecule has 2 saturated heterocycles. The molecule has 2 fully saturated rings. The van der Waals surface area contributed by atoms with Crippen LogP contribution in [0, 0.1) is 6.57 Å². The number of nitrogens with zero attached hydrogens (tertiary/aromatic N) is 7. The minimum atomic E-state index is -2.53. The number of benzene rings is 1. The third-order valence-corrected chi connectivity index (χ3v) is 8.94. The Hall–Kier alpha value is -3.42. The molecular formula is C31H39F2N7O. The largest absolute Gasteiger partial charge is 0.361 e. The number of piperidine rings is 1. The Morgan fingerprint density at radius 2 is 1.71 bits per heavy atom. The van der Waals surface area contributed by atoms with E-state index in [1.807, 2.05) is 0 Å². The molecule has 5 rings (SSSR count). The van der Waals surface area contributed by atoms with Crippen LogP contribution in [0.3, 0.4) is 0 Å². The van der Waals surface area contributed by atoms with E-state index in [0.717, 1.165) is 24.9 Å². The van der Waals surface area contributed by atoms with Crippen LogP contribution in [0.4, 0.5) is 20.4 Å². The van der Waals surface area contributed by atoms with E-state index >= 15 is 0 Å². The van der Waals surface area contributed by atoms with Crippen LogP contribution < -0.4 is 10.6 Å².